The highest BCUT2D eigenvalue weighted by molar-refractivity contribution is 7.20. The lowest BCUT2D eigenvalue weighted by molar-refractivity contribution is -0.116. The number of aromatic nitrogens is 4. The molecule has 0 radical (unpaired) electrons. The van der Waals surface area contributed by atoms with E-state index >= 15 is 0 Å². The average Bonchev–Trinajstić information content (AvgIpc) is 3.37. The number of rotatable bonds is 6. The molecule has 0 bridgehead atoms. The molecule has 0 unspecified atom stereocenters. The third kappa shape index (κ3) is 3.94. The van der Waals surface area contributed by atoms with E-state index < -0.39 is 23.1 Å². The van der Waals surface area contributed by atoms with Gasteiger partial charge in [0.2, 0.25) is 5.91 Å². The van der Waals surface area contributed by atoms with Crippen molar-refractivity contribution in [3.05, 3.63) is 68.6 Å². The molecular weight excluding hydrogens is 458 g/mol. The number of carbonyl (C=O) groups is 2. The summed E-state index contributed by atoms with van der Waals surface area (Å²) in [6, 6.07) is 9.55. The number of ether oxygens (including phenoxy) is 1. The summed E-state index contributed by atoms with van der Waals surface area (Å²) in [6.45, 7) is 3.50. The lowest BCUT2D eigenvalue weighted by Gasteiger charge is -2.09. The highest BCUT2D eigenvalue weighted by atomic mass is 32.1. The summed E-state index contributed by atoms with van der Waals surface area (Å²) in [7, 11) is 2.87. The molecule has 10 nitrogen and oxygen atoms in total. The van der Waals surface area contributed by atoms with Gasteiger partial charge in [-0.05, 0) is 25.0 Å². The van der Waals surface area contributed by atoms with E-state index in [9.17, 15) is 19.2 Å². The van der Waals surface area contributed by atoms with Crippen LogP contribution >= 0.6 is 11.3 Å². The maximum absolute atomic E-state index is 13.0. The molecule has 4 rings (SSSR count). The zero-order chi connectivity index (χ0) is 24.6. The normalized spacial score (nSPS) is 11.1. The van der Waals surface area contributed by atoms with Crippen LogP contribution in [0.3, 0.4) is 0 Å². The highest BCUT2D eigenvalue weighted by Gasteiger charge is 2.25. The van der Waals surface area contributed by atoms with E-state index in [1.165, 1.54) is 40.9 Å². The summed E-state index contributed by atoms with van der Waals surface area (Å²) in [4.78, 5) is 55.4. The number of amides is 1. The Labute approximate surface area is 198 Å². The van der Waals surface area contributed by atoms with Crippen molar-refractivity contribution in [2.75, 3.05) is 11.9 Å². The summed E-state index contributed by atoms with van der Waals surface area (Å²) in [6.07, 6.45) is 1.34. The molecule has 0 fully saturated rings. The Hall–Kier alpha value is -3.99. The van der Waals surface area contributed by atoms with Gasteiger partial charge in [0, 0.05) is 19.0 Å². The van der Waals surface area contributed by atoms with Gasteiger partial charge in [0.25, 0.3) is 5.56 Å². The Morgan fingerprint density at radius 3 is 2.50 bits per heavy atom. The van der Waals surface area contributed by atoms with Crippen LogP contribution in [0.5, 0.6) is 0 Å². The smallest absolute Gasteiger partial charge is 0.341 e. The van der Waals surface area contributed by atoms with Crippen molar-refractivity contribution < 1.29 is 14.3 Å². The van der Waals surface area contributed by atoms with Crippen molar-refractivity contribution >= 4 is 39.4 Å². The SMILES string of the molecule is CCOC(=O)c1c(NC(=O)Cn2cnc3c2c(=O)n(C)c(=O)n3C)sc(-c2ccccc2)c1C. The van der Waals surface area contributed by atoms with Crippen LogP contribution in [0.1, 0.15) is 22.8 Å². The molecule has 0 aliphatic heterocycles. The van der Waals surface area contributed by atoms with Crippen LogP contribution in [0.15, 0.2) is 46.2 Å². The lowest BCUT2D eigenvalue weighted by atomic mass is 10.1. The van der Waals surface area contributed by atoms with Gasteiger partial charge in [0.1, 0.15) is 11.5 Å². The van der Waals surface area contributed by atoms with E-state index in [0.29, 0.717) is 16.1 Å². The quantitative estimate of drug-likeness (QED) is 0.422. The van der Waals surface area contributed by atoms with E-state index in [1.807, 2.05) is 37.3 Å². The number of hydrogen-bond acceptors (Lipinski definition) is 7. The molecule has 4 aromatic rings. The number of aryl methyl sites for hydroxylation is 1. The van der Waals surface area contributed by atoms with Crippen LogP contribution in [-0.4, -0.2) is 37.2 Å². The third-order valence-corrected chi connectivity index (χ3v) is 6.70. The summed E-state index contributed by atoms with van der Waals surface area (Å²) in [5, 5.41) is 3.16. The molecule has 1 amide bonds. The Kier molecular flexibility index (Phi) is 6.20. The number of esters is 1. The summed E-state index contributed by atoms with van der Waals surface area (Å²) in [5.74, 6) is -0.979. The van der Waals surface area contributed by atoms with E-state index in [0.717, 1.165) is 15.0 Å². The number of anilines is 1. The second-order valence-electron chi connectivity index (χ2n) is 7.65. The first-order valence-electron chi connectivity index (χ1n) is 10.5. The standard InChI is InChI=1S/C23H23N5O5S/c1-5-33-22(31)16-13(2)18(14-9-7-6-8-10-14)34-20(16)25-15(29)11-28-12-24-19-17(28)21(30)27(4)23(32)26(19)3/h6-10,12H,5,11H2,1-4H3,(H,25,29). The first-order chi connectivity index (χ1) is 16.2. The number of benzene rings is 1. The topological polar surface area (TPSA) is 117 Å². The number of carbonyl (C=O) groups excluding carboxylic acids is 2. The van der Waals surface area contributed by atoms with E-state index in [4.69, 9.17) is 4.74 Å². The largest absolute Gasteiger partial charge is 0.462 e. The molecule has 11 heteroatoms. The molecule has 0 saturated carbocycles. The monoisotopic (exact) mass is 481 g/mol. The predicted molar refractivity (Wildman–Crippen MR) is 129 cm³/mol. The highest BCUT2D eigenvalue weighted by Crippen LogP contribution is 2.40. The number of hydrogen-bond donors (Lipinski definition) is 1. The van der Waals surface area contributed by atoms with Gasteiger partial charge in [-0.1, -0.05) is 30.3 Å². The van der Waals surface area contributed by atoms with Gasteiger partial charge in [0.05, 0.1) is 18.5 Å². The molecule has 176 valence electrons. The summed E-state index contributed by atoms with van der Waals surface area (Å²) in [5.41, 5.74) is 1.20. The van der Waals surface area contributed by atoms with Gasteiger partial charge in [-0.3, -0.25) is 18.7 Å². The maximum atomic E-state index is 13.0. The zero-order valence-electron chi connectivity index (χ0n) is 19.1. The Bertz CT molecular complexity index is 1530. The predicted octanol–water partition coefficient (Wildman–Crippen LogP) is 2.29. The number of nitrogens with zero attached hydrogens (tertiary/aromatic N) is 4. The van der Waals surface area contributed by atoms with Crippen molar-refractivity contribution in [2.24, 2.45) is 14.1 Å². The number of thiophene rings is 1. The Balaban J connectivity index is 1.71. The molecule has 3 heterocycles. The lowest BCUT2D eigenvalue weighted by Crippen LogP contribution is -2.37. The Morgan fingerprint density at radius 2 is 1.82 bits per heavy atom. The average molecular weight is 482 g/mol. The first-order valence-corrected chi connectivity index (χ1v) is 11.3. The second kappa shape index (κ2) is 9.10. The summed E-state index contributed by atoms with van der Waals surface area (Å²) < 4.78 is 8.82. The van der Waals surface area contributed by atoms with Crippen molar-refractivity contribution in [3.8, 4) is 10.4 Å². The van der Waals surface area contributed by atoms with Crippen LogP contribution < -0.4 is 16.6 Å². The van der Waals surface area contributed by atoms with Crippen LogP contribution in [0.4, 0.5) is 5.00 Å². The van der Waals surface area contributed by atoms with Gasteiger partial charge < -0.3 is 14.6 Å². The minimum Gasteiger partial charge on any atom is -0.462 e. The molecule has 0 aliphatic rings. The fraction of sp³-hybridized carbons (Fsp3) is 0.261. The maximum Gasteiger partial charge on any atom is 0.341 e. The van der Waals surface area contributed by atoms with Crippen LogP contribution in [0.25, 0.3) is 21.6 Å². The molecule has 0 aliphatic carbocycles. The second-order valence-corrected chi connectivity index (χ2v) is 8.67. The van der Waals surface area contributed by atoms with E-state index in [2.05, 4.69) is 10.3 Å². The number of imidazole rings is 1. The van der Waals surface area contributed by atoms with E-state index in [1.54, 1.807) is 6.92 Å². The van der Waals surface area contributed by atoms with Crippen molar-refractivity contribution in [3.63, 3.8) is 0 Å². The number of fused-ring (bicyclic) bond motifs is 1. The first kappa shape index (κ1) is 23.2. The minimum absolute atomic E-state index is 0.137. The fourth-order valence-electron chi connectivity index (χ4n) is 3.75. The van der Waals surface area contributed by atoms with Gasteiger partial charge in [-0.25, -0.2) is 14.6 Å². The zero-order valence-corrected chi connectivity index (χ0v) is 19.9. The molecule has 0 saturated heterocycles. The van der Waals surface area contributed by atoms with Gasteiger partial charge in [-0.2, -0.15) is 0 Å². The van der Waals surface area contributed by atoms with Crippen molar-refractivity contribution in [1.82, 2.24) is 18.7 Å². The molecular formula is C23H23N5O5S. The molecule has 3 aromatic heterocycles. The third-order valence-electron chi connectivity index (χ3n) is 5.45. The Morgan fingerprint density at radius 1 is 1.12 bits per heavy atom. The molecule has 34 heavy (non-hydrogen) atoms. The summed E-state index contributed by atoms with van der Waals surface area (Å²) >= 11 is 1.28. The molecule has 0 spiro atoms. The van der Waals surface area contributed by atoms with Crippen LogP contribution in [-0.2, 0) is 30.2 Å². The van der Waals surface area contributed by atoms with Gasteiger partial charge in [-0.15, -0.1) is 11.3 Å². The molecule has 0 atom stereocenters. The molecule has 1 aromatic carbocycles. The van der Waals surface area contributed by atoms with Gasteiger partial charge >= 0.3 is 11.7 Å². The number of nitrogens with one attached hydrogen (secondary N) is 1. The van der Waals surface area contributed by atoms with E-state index in [-0.39, 0.29) is 24.3 Å². The van der Waals surface area contributed by atoms with Crippen molar-refractivity contribution in [2.45, 2.75) is 20.4 Å². The van der Waals surface area contributed by atoms with Crippen LogP contribution in [0, 0.1) is 6.92 Å². The van der Waals surface area contributed by atoms with Crippen molar-refractivity contribution in [1.29, 1.82) is 0 Å². The molecule has 1 N–H and O–H groups in total. The minimum atomic E-state index is -0.547. The van der Waals surface area contributed by atoms with Crippen LogP contribution in [0.2, 0.25) is 0 Å². The van der Waals surface area contributed by atoms with Gasteiger partial charge in [0.15, 0.2) is 11.2 Å². The fourth-order valence-corrected chi connectivity index (χ4v) is 4.97.